The van der Waals surface area contributed by atoms with Crippen LogP contribution in [0.5, 0.6) is 0 Å². The molecule has 10 heteroatoms. The molecular weight excluding hydrogens is 336 g/mol. The number of anilines is 1. The van der Waals surface area contributed by atoms with Crippen LogP contribution in [-0.4, -0.2) is 32.3 Å². The number of nitro benzene ring substituents is 1. The molecule has 1 saturated carbocycles. The fourth-order valence-electron chi connectivity index (χ4n) is 2.91. The summed E-state index contributed by atoms with van der Waals surface area (Å²) in [5.41, 5.74) is 5.22. The molecule has 1 aliphatic carbocycles. The van der Waals surface area contributed by atoms with Crippen molar-refractivity contribution >= 4 is 27.3 Å². The van der Waals surface area contributed by atoms with Gasteiger partial charge in [-0.15, -0.1) is 0 Å². The van der Waals surface area contributed by atoms with Crippen molar-refractivity contribution in [3.63, 3.8) is 0 Å². The maximum absolute atomic E-state index is 11.8. The molecular formula is C14H20N4O5S. The zero-order valence-electron chi connectivity index (χ0n) is 13.2. The van der Waals surface area contributed by atoms with Gasteiger partial charge in [-0.25, -0.2) is 13.1 Å². The zero-order valence-corrected chi connectivity index (χ0v) is 14.0. The molecule has 1 fully saturated rings. The Bertz CT molecular complexity index is 750. The van der Waals surface area contributed by atoms with Gasteiger partial charge in [0.25, 0.3) is 5.69 Å². The van der Waals surface area contributed by atoms with Crippen molar-refractivity contribution in [1.29, 1.82) is 0 Å². The molecule has 0 aliphatic heterocycles. The molecule has 1 aromatic carbocycles. The lowest BCUT2D eigenvalue weighted by Gasteiger charge is -2.30. The van der Waals surface area contributed by atoms with Gasteiger partial charge in [0.1, 0.15) is 5.69 Å². The van der Waals surface area contributed by atoms with E-state index in [-0.39, 0.29) is 22.3 Å². The Labute approximate surface area is 139 Å². The number of carbonyl (C=O) groups is 1. The van der Waals surface area contributed by atoms with Crippen LogP contribution < -0.4 is 15.8 Å². The highest BCUT2D eigenvalue weighted by Crippen LogP contribution is 2.32. The lowest BCUT2D eigenvalue weighted by molar-refractivity contribution is -0.384. The van der Waals surface area contributed by atoms with Crippen LogP contribution in [0.15, 0.2) is 23.1 Å². The van der Waals surface area contributed by atoms with Gasteiger partial charge in [0.15, 0.2) is 0 Å². The minimum absolute atomic E-state index is 0.174. The van der Waals surface area contributed by atoms with Crippen LogP contribution in [0.1, 0.15) is 25.7 Å². The first-order valence-corrected chi connectivity index (χ1v) is 9.02. The number of carbonyl (C=O) groups excluding carboxylic acids is 1. The third kappa shape index (κ3) is 3.82. The van der Waals surface area contributed by atoms with Gasteiger partial charge in [-0.2, -0.15) is 0 Å². The van der Waals surface area contributed by atoms with Gasteiger partial charge in [0, 0.05) is 12.1 Å². The van der Waals surface area contributed by atoms with E-state index in [1.807, 2.05) is 0 Å². The highest BCUT2D eigenvalue weighted by atomic mass is 32.2. The lowest BCUT2D eigenvalue weighted by atomic mass is 9.84. The van der Waals surface area contributed by atoms with E-state index >= 15 is 0 Å². The van der Waals surface area contributed by atoms with Gasteiger partial charge in [-0.1, -0.05) is 12.8 Å². The maximum atomic E-state index is 11.8. The van der Waals surface area contributed by atoms with Gasteiger partial charge >= 0.3 is 0 Å². The van der Waals surface area contributed by atoms with Crippen LogP contribution in [-0.2, 0) is 14.8 Å². The van der Waals surface area contributed by atoms with E-state index in [1.54, 1.807) is 0 Å². The molecule has 0 bridgehead atoms. The molecule has 9 nitrogen and oxygen atoms in total. The number of hydrogen-bond donors (Lipinski definition) is 3. The Hall–Kier alpha value is -2.20. The van der Waals surface area contributed by atoms with E-state index in [0.717, 1.165) is 18.9 Å². The van der Waals surface area contributed by atoms with E-state index < -0.39 is 26.8 Å². The number of nitrogens with zero attached hydrogens (tertiary/aromatic N) is 1. The Balaban J connectivity index is 2.36. The number of amides is 1. The van der Waals surface area contributed by atoms with Crippen LogP contribution in [0.3, 0.4) is 0 Å². The first-order chi connectivity index (χ1) is 11.3. The van der Waals surface area contributed by atoms with Gasteiger partial charge in [-0.3, -0.25) is 14.9 Å². The van der Waals surface area contributed by atoms with Crippen LogP contribution >= 0.6 is 0 Å². The van der Waals surface area contributed by atoms with E-state index in [2.05, 4.69) is 10.0 Å². The third-order valence-corrected chi connectivity index (χ3v) is 5.63. The minimum atomic E-state index is -3.78. The highest BCUT2D eigenvalue weighted by Gasteiger charge is 2.31. The number of rotatable bonds is 6. The molecule has 2 rings (SSSR count). The van der Waals surface area contributed by atoms with Crippen molar-refractivity contribution in [2.24, 2.45) is 11.7 Å². The molecule has 1 aromatic rings. The average molecular weight is 356 g/mol. The number of primary amides is 1. The Morgan fingerprint density at radius 3 is 2.58 bits per heavy atom. The molecule has 0 saturated heterocycles. The second kappa shape index (κ2) is 7.14. The minimum Gasteiger partial charge on any atom is -0.376 e. The highest BCUT2D eigenvalue weighted by molar-refractivity contribution is 7.89. The summed E-state index contributed by atoms with van der Waals surface area (Å²) >= 11 is 0. The van der Waals surface area contributed by atoms with Crippen molar-refractivity contribution in [2.75, 3.05) is 12.4 Å². The summed E-state index contributed by atoms with van der Waals surface area (Å²) < 4.78 is 25.7. The molecule has 0 aromatic heterocycles. The second-order valence-corrected chi connectivity index (χ2v) is 7.57. The average Bonchev–Trinajstić information content (AvgIpc) is 2.55. The van der Waals surface area contributed by atoms with E-state index in [9.17, 15) is 23.3 Å². The molecule has 4 N–H and O–H groups in total. The van der Waals surface area contributed by atoms with E-state index in [0.29, 0.717) is 12.8 Å². The van der Waals surface area contributed by atoms with Crippen LogP contribution in [0.4, 0.5) is 11.4 Å². The van der Waals surface area contributed by atoms with Gasteiger partial charge in [0.05, 0.1) is 15.7 Å². The fourth-order valence-corrected chi connectivity index (χ4v) is 3.66. The summed E-state index contributed by atoms with van der Waals surface area (Å²) in [7, 11) is -2.56. The largest absolute Gasteiger partial charge is 0.376 e. The normalized spacial score (nSPS) is 21.2. The van der Waals surface area contributed by atoms with Crippen LogP contribution in [0.25, 0.3) is 0 Å². The lowest BCUT2D eigenvalue weighted by Crippen LogP contribution is -2.40. The summed E-state index contributed by atoms with van der Waals surface area (Å²) in [5.74, 6) is -0.844. The number of sulfonamides is 1. The standard InChI is InChI=1S/C14H20N4O5S/c1-16-24(22,23)9-6-7-12(13(8-9)18(20)21)17-11-5-3-2-4-10(11)14(15)19/h6-8,10-11,16-17H,2-5H2,1H3,(H2,15,19)/t10-,11+/m0/s1. The molecule has 0 spiro atoms. The SMILES string of the molecule is CNS(=O)(=O)c1ccc(N[C@@H]2CCCC[C@@H]2C(N)=O)c([N+](=O)[O-])c1. The molecule has 132 valence electrons. The first-order valence-electron chi connectivity index (χ1n) is 7.54. The summed E-state index contributed by atoms with van der Waals surface area (Å²) in [6, 6.07) is 3.32. The summed E-state index contributed by atoms with van der Waals surface area (Å²) in [4.78, 5) is 22.0. The van der Waals surface area contributed by atoms with Gasteiger partial charge in [-0.05, 0) is 32.0 Å². The molecule has 0 heterocycles. The van der Waals surface area contributed by atoms with Crippen molar-refractivity contribution in [3.8, 4) is 0 Å². The smallest absolute Gasteiger partial charge is 0.293 e. The van der Waals surface area contributed by atoms with E-state index in [4.69, 9.17) is 5.73 Å². The van der Waals surface area contributed by atoms with Crippen molar-refractivity contribution in [1.82, 2.24) is 4.72 Å². The first kappa shape index (κ1) is 18.1. The predicted octanol–water partition coefficient (Wildman–Crippen LogP) is 0.959. The maximum Gasteiger partial charge on any atom is 0.293 e. The van der Waals surface area contributed by atoms with Gasteiger partial charge in [0.2, 0.25) is 15.9 Å². The van der Waals surface area contributed by atoms with Crippen molar-refractivity contribution in [2.45, 2.75) is 36.6 Å². The summed E-state index contributed by atoms with van der Waals surface area (Å²) in [6.45, 7) is 0. The summed E-state index contributed by atoms with van der Waals surface area (Å²) in [5, 5.41) is 14.3. The molecule has 0 unspecified atom stereocenters. The molecule has 1 amide bonds. The second-order valence-electron chi connectivity index (χ2n) is 5.69. The van der Waals surface area contributed by atoms with Gasteiger partial charge < -0.3 is 11.1 Å². The topological polar surface area (TPSA) is 144 Å². The number of nitro groups is 1. The number of hydrogen-bond acceptors (Lipinski definition) is 6. The Morgan fingerprint density at radius 2 is 2.00 bits per heavy atom. The van der Waals surface area contributed by atoms with Crippen molar-refractivity contribution < 1.29 is 18.1 Å². The number of nitrogens with one attached hydrogen (secondary N) is 2. The molecule has 1 aliphatic rings. The van der Waals surface area contributed by atoms with Crippen molar-refractivity contribution in [3.05, 3.63) is 28.3 Å². The summed E-state index contributed by atoms with van der Waals surface area (Å²) in [6.07, 6.45) is 3.07. The molecule has 0 radical (unpaired) electrons. The van der Waals surface area contributed by atoms with Crippen LogP contribution in [0, 0.1) is 16.0 Å². The molecule has 24 heavy (non-hydrogen) atoms. The predicted molar refractivity (Wildman–Crippen MR) is 87.9 cm³/mol. The number of nitrogens with two attached hydrogens (primary N) is 1. The zero-order chi connectivity index (χ0) is 17.9. The fraction of sp³-hybridized carbons (Fsp3) is 0.500. The molecule has 2 atom stereocenters. The van der Waals surface area contributed by atoms with E-state index in [1.165, 1.54) is 19.2 Å². The Morgan fingerprint density at radius 1 is 1.33 bits per heavy atom. The monoisotopic (exact) mass is 356 g/mol. The quantitative estimate of drug-likeness (QED) is 0.511. The van der Waals surface area contributed by atoms with Crippen LogP contribution in [0.2, 0.25) is 0 Å². The Kier molecular flexibility index (Phi) is 5.40. The number of benzene rings is 1. The third-order valence-electron chi connectivity index (χ3n) is 4.22.